The van der Waals surface area contributed by atoms with Gasteiger partial charge < -0.3 is 14.2 Å². The maximum Gasteiger partial charge on any atom is 0.306 e. The highest BCUT2D eigenvalue weighted by Crippen LogP contribution is 2.15. The summed E-state index contributed by atoms with van der Waals surface area (Å²) < 4.78 is 16.8. The van der Waals surface area contributed by atoms with Crippen LogP contribution >= 0.6 is 0 Å². The fourth-order valence-corrected chi connectivity index (χ4v) is 8.00. The van der Waals surface area contributed by atoms with Gasteiger partial charge in [0, 0.05) is 19.3 Å². The lowest BCUT2D eigenvalue weighted by molar-refractivity contribution is -0.167. The Balaban J connectivity index is 4.41. The average molecular weight is 924 g/mol. The predicted octanol–water partition coefficient (Wildman–Crippen LogP) is 18.8. The van der Waals surface area contributed by atoms with Crippen molar-refractivity contribution < 1.29 is 28.6 Å². The highest BCUT2D eigenvalue weighted by atomic mass is 16.6. The second kappa shape index (κ2) is 54.7. The SMILES string of the molecule is CC/C=C\C/C=C\CCCCCCCCCC(=O)OCC(COC(=O)CCCCCCC/C=C\C=C/CCCCCCCCC)OC(=O)CCCCCCC/C=C\CCCCCCCCC. The second-order valence-corrected chi connectivity index (χ2v) is 18.8. The number of allylic oxidation sites excluding steroid dienone is 10. The zero-order valence-electron chi connectivity index (χ0n) is 43.7. The summed E-state index contributed by atoms with van der Waals surface area (Å²) in [4.78, 5) is 38.1. The number of unbranched alkanes of at least 4 members (excludes halogenated alkanes) is 31. The topological polar surface area (TPSA) is 78.9 Å². The third kappa shape index (κ3) is 52.1. The summed E-state index contributed by atoms with van der Waals surface area (Å²) in [6.45, 7) is 6.52. The van der Waals surface area contributed by atoms with E-state index in [-0.39, 0.29) is 31.1 Å². The Kier molecular flexibility index (Phi) is 52.3. The van der Waals surface area contributed by atoms with Crippen molar-refractivity contribution >= 4 is 17.9 Å². The first kappa shape index (κ1) is 63.1. The molecule has 0 aromatic heterocycles. The van der Waals surface area contributed by atoms with E-state index in [1.807, 2.05) is 0 Å². The molecule has 6 nitrogen and oxygen atoms in total. The normalized spacial score (nSPS) is 12.5. The lowest BCUT2D eigenvalue weighted by Crippen LogP contribution is -2.30. The average Bonchev–Trinajstić information content (AvgIpc) is 3.31. The summed E-state index contributed by atoms with van der Waals surface area (Å²) in [5.74, 6) is -0.909. The van der Waals surface area contributed by atoms with Crippen LogP contribution in [-0.2, 0) is 28.6 Å². The molecule has 0 aromatic carbocycles. The molecule has 0 heterocycles. The number of hydrogen-bond donors (Lipinski definition) is 0. The summed E-state index contributed by atoms with van der Waals surface area (Å²) in [5, 5.41) is 0. The molecule has 0 rings (SSSR count). The van der Waals surface area contributed by atoms with Crippen molar-refractivity contribution in [2.75, 3.05) is 13.2 Å². The molecular weight excluding hydrogens is 817 g/mol. The van der Waals surface area contributed by atoms with E-state index in [2.05, 4.69) is 81.5 Å². The van der Waals surface area contributed by atoms with Crippen LogP contribution < -0.4 is 0 Å². The van der Waals surface area contributed by atoms with Crippen molar-refractivity contribution in [1.82, 2.24) is 0 Å². The second-order valence-electron chi connectivity index (χ2n) is 18.8. The number of rotatable bonds is 51. The Bertz CT molecular complexity index is 1200. The lowest BCUT2D eigenvalue weighted by atomic mass is 10.1. The van der Waals surface area contributed by atoms with Crippen molar-refractivity contribution in [1.29, 1.82) is 0 Å². The van der Waals surface area contributed by atoms with Gasteiger partial charge in [-0.25, -0.2) is 0 Å². The summed E-state index contributed by atoms with van der Waals surface area (Å²) in [5.41, 5.74) is 0. The molecule has 0 radical (unpaired) electrons. The fourth-order valence-electron chi connectivity index (χ4n) is 8.00. The van der Waals surface area contributed by atoms with E-state index in [4.69, 9.17) is 14.2 Å². The van der Waals surface area contributed by atoms with Gasteiger partial charge in [0.1, 0.15) is 13.2 Å². The van der Waals surface area contributed by atoms with Gasteiger partial charge in [0.2, 0.25) is 0 Å². The molecule has 0 aromatic rings. The number of hydrogen-bond acceptors (Lipinski definition) is 6. The largest absolute Gasteiger partial charge is 0.462 e. The van der Waals surface area contributed by atoms with Crippen LogP contribution in [0.3, 0.4) is 0 Å². The minimum Gasteiger partial charge on any atom is -0.462 e. The van der Waals surface area contributed by atoms with Gasteiger partial charge in [-0.1, -0.05) is 229 Å². The molecule has 0 saturated carbocycles. The molecule has 1 atom stereocenters. The highest BCUT2D eigenvalue weighted by Gasteiger charge is 2.19. The van der Waals surface area contributed by atoms with Gasteiger partial charge in [0.05, 0.1) is 0 Å². The van der Waals surface area contributed by atoms with Crippen molar-refractivity contribution in [3.8, 4) is 0 Å². The molecule has 0 bridgehead atoms. The summed E-state index contributed by atoms with van der Waals surface area (Å²) in [6.07, 6.45) is 67.8. The van der Waals surface area contributed by atoms with Crippen molar-refractivity contribution in [3.05, 3.63) is 60.8 Å². The Morgan fingerprint density at radius 1 is 0.333 bits per heavy atom. The van der Waals surface area contributed by atoms with Gasteiger partial charge in [-0.15, -0.1) is 0 Å². The Hall–Kier alpha value is -2.89. The van der Waals surface area contributed by atoms with Crippen molar-refractivity contribution in [2.24, 2.45) is 0 Å². The highest BCUT2D eigenvalue weighted by molar-refractivity contribution is 5.71. The van der Waals surface area contributed by atoms with E-state index < -0.39 is 6.10 Å². The number of carbonyl (C=O) groups excluding carboxylic acids is 3. The molecular formula is C60H106O6. The molecule has 66 heavy (non-hydrogen) atoms. The van der Waals surface area contributed by atoms with E-state index in [1.165, 1.54) is 135 Å². The van der Waals surface area contributed by atoms with Crippen molar-refractivity contribution in [2.45, 2.75) is 290 Å². The molecule has 0 aliphatic rings. The summed E-state index contributed by atoms with van der Waals surface area (Å²) in [6, 6.07) is 0. The van der Waals surface area contributed by atoms with Crippen molar-refractivity contribution in [3.63, 3.8) is 0 Å². The molecule has 0 aliphatic carbocycles. The zero-order chi connectivity index (χ0) is 47.9. The minimum absolute atomic E-state index is 0.0862. The third-order valence-electron chi connectivity index (χ3n) is 12.3. The predicted molar refractivity (Wildman–Crippen MR) is 284 cm³/mol. The first-order valence-electron chi connectivity index (χ1n) is 28.3. The van der Waals surface area contributed by atoms with Crippen LogP contribution in [0.5, 0.6) is 0 Å². The summed E-state index contributed by atoms with van der Waals surface area (Å²) >= 11 is 0. The molecule has 0 aliphatic heterocycles. The monoisotopic (exact) mass is 923 g/mol. The third-order valence-corrected chi connectivity index (χ3v) is 12.3. The maximum atomic E-state index is 12.8. The van der Waals surface area contributed by atoms with E-state index in [9.17, 15) is 14.4 Å². The Morgan fingerprint density at radius 3 is 1.02 bits per heavy atom. The molecule has 0 N–H and O–H groups in total. The van der Waals surface area contributed by atoms with Gasteiger partial charge in [0.15, 0.2) is 6.10 Å². The van der Waals surface area contributed by atoms with Crippen LogP contribution in [0.2, 0.25) is 0 Å². The lowest BCUT2D eigenvalue weighted by Gasteiger charge is -2.18. The standard InChI is InChI=1S/C60H106O6/c1-4-7-10-13-16-19-22-25-28-30-31-33-35-38-41-44-47-50-53-59(62)65-56-57(55-64-58(61)52-49-46-43-40-37-34-27-24-21-18-15-12-9-6-3)66-60(63)54-51-48-45-42-39-36-32-29-26-23-20-17-14-11-8-5-2/h9,12,18,21,28-33,57H,4-8,10-11,13-17,19-20,22-27,34-56H2,1-3H3/b12-9-,21-18-,30-28-,32-29-,33-31-. The zero-order valence-corrected chi connectivity index (χ0v) is 43.7. The Labute approximate surface area is 409 Å². The molecule has 1 unspecified atom stereocenters. The smallest absolute Gasteiger partial charge is 0.306 e. The van der Waals surface area contributed by atoms with Gasteiger partial charge >= 0.3 is 17.9 Å². The first-order valence-corrected chi connectivity index (χ1v) is 28.3. The summed E-state index contributed by atoms with van der Waals surface area (Å²) in [7, 11) is 0. The Morgan fingerprint density at radius 2 is 0.636 bits per heavy atom. The molecule has 6 heteroatoms. The number of carbonyl (C=O) groups is 3. The quantitative estimate of drug-likeness (QED) is 0.0199. The maximum absolute atomic E-state index is 12.8. The van der Waals surface area contributed by atoms with Crippen LogP contribution in [0.4, 0.5) is 0 Å². The van der Waals surface area contributed by atoms with E-state index >= 15 is 0 Å². The molecule has 0 fully saturated rings. The van der Waals surface area contributed by atoms with E-state index in [1.54, 1.807) is 0 Å². The number of ether oxygens (including phenoxy) is 3. The molecule has 0 amide bonds. The van der Waals surface area contributed by atoms with Gasteiger partial charge in [-0.3, -0.25) is 14.4 Å². The number of esters is 3. The van der Waals surface area contributed by atoms with Crippen LogP contribution in [0, 0.1) is 0 Å². The van der Waals surface area contributed by atoms with Gasteiger partial charge in [0.25, 0.3) is 0 Å². The fraction of sp³-hybridized carbons (Fsp3) is 0.783. The molecule has 0 saturated heterocycles. The first-order chi connectivity index (χ1) is 32.5. The van der Waals surface area contributed by atoms with Crippen LogP contribution in [-0.4, -0.2) is 37.2 Å². The van der Waals surface area contributed by atoms with Gasteiger partial charge in [-0.2, -0.15) is 0 Å². The molecule has 382 valence electrons. The van der Waals surface area contributed by atoms with Crippen LogP contribution in [0.15, 0.2) is 60.8 Å². The van der Waals surface area contributed by atoms with Gasteiger partial charge in [-0.05, 0) is 96.3 Å². The van der Waals surface area contributed by atoms with E-state index in [0.29, 0.717) is 19.3 Å². The van der Waals surface area contributed by atoms with Crippen LogP contribution in [0.25, 0.3) is 0 Å². The van der Waals surface area contributed by atoms with Crippen LogP contribution in [0.1, 0.15) is 284 Å². The van der Waals surface area contributed by atoms with E-state index in [0.717, 1.165) is 109 Å². The minimum atomic E-state index is -0.788. The molecule has 0 spiro atoms.